The van der Waals surface area contributed by atoms with Gasteiger partial charge in [0.05, 0.1) is 0 Å². The van der Waals surface area contributed by atoms with E-state index in [1.165, 1.54) is 24.3 Å². The van der Waals surface area contributed by atoms with Crippen LogP contribution in [-0.2, 0) is 4.79 Å². The molecule has 0 spiro atoms. The summed E-state index contributed by atoms with van der Waals surface area (Å²) < 4.78 is 0. The molecule has 1 aliphatic carbocycles. The van der Waals surface area contributed by atoms with Crippen LogP contribution in [0.4, 0.5) is 0 Å². The van der Waals surface area contributed by atoms with Crippen LogP contribution in [0.3, 0.4) is 0 Å². The highest BCUT2D eigenvalue weighted by atomic mass is 16.4. The molecule has 2 amide bonds. The minimum Gasteiger partial charge on any atom is -0.480 e. The van der Waals surface area contributed by atoms with Gasteiger partial charge >= 0.3 is 5.97 Å². The molecule has 4 N–H and O–H groups in total. The van der Waals surface area contributed by atoms with E-state index in [1.54, 1.807) is 0 Å². The molecule has 0 heterocycles. The zero-order valence-electron chi connectivity index (χ0n) is 10.8. The standard InChI is InChI=1S/C14H16N2O4/c15-12(17)9-2-1-3-10(7-9)13(18)16-11(14(19)20)6-8-4-5-8/h1-3,7-8,11H,4-6H2,(H2,15,17)(H,16,18)(H,19,20). The first kappa shape index (κ1) is 14.0. The zero-order chi connectivity index (χ0) is 14.7. The Balaban J connectivity index is 2.07. The maximum atomic E-state index is 12.0. The molecule has 6 heteroatoms. The normalized spacial score (nSPS) is 15.4. The van der Waals surface area contributed by atoms with Crippen LogP contribution in [0.15, 0.2) is 24.3 Å². The molecular weight excluding hydrogens is 260 g/mol. The third-order valence-corrected chi connectivity index (χ3v) is 3.28. The second-order valence-electron chi connectivity index (χ2n) is 4.99. The number of carbonyl (C=O) groups is 3. The second-order valence-corrected chi connectivity index (χ2v) is 4.99. The van der Waals surface area contributed by atoms with Crippen LogP contribution < -0.4 is 11.1 Å². The summed E-state index contributed by atoms with van der Waals surface area (Å²) in [5.74, 6) is -1.81. The number of hydrogen-bond acceptors (Lipinski definition) is 3. The van der Waals surface area contributed by atoms with Crippen molar-refractivity contribution < 1.29 is 19.5 Å². The van der Waals surface area contributed by atoms with Crippen molar-refractivity contribution in [2.45, 2.75) is 25.3 Å². The van der Waals surface area contributed by atoms with Crippen molar-refractivity contribution in [1.82, 2.24) is 5.32 Å². The van der Waals surface area contributed by atoms with Crippen LogP contribution in [0.25, 0.3) is 0 Å². The average Bonchev–Trinajstić information content (AvgIpc) is 3.21. The fraction of sp³-hybridized carbons (Fsp3) is 0.357. The van der Waals surface area contributed by atoms with Crippen LogP contribution in [-0.4, -0.2) is 28.9 Å². The van der Waals surface area contributed by atoms with Gasteiger partial charge in [0.1, 0.15) is 6.04 Å². The lowest BCUT2D eigenvalue weighted by molar-refractivity contribution is -0.139. The van der Waals surface area contributed by atoms with E-state index in [4.69, 9.17) is 10.8 Å². The quantitative estimate of drug-likeness (QED) is 0.712. The molecule has 0 aliphatic heterocycles. The van der Waals surface area contributed by atoms with Crippen LogP contribution in [0.2, 0.25) is 0 Å². The van der Waals surface area contributed by atoms with Crippen molar-refractivity contribution in [2.24, 2.45) is 11.7 Å². The summed E-state index contributed by atoms with van der Waals surface area (Å²) in [6.45, 7) is 0. The molecule has 1 saturated carbocycles. The van der Waals surface area contributed by atoms with E-state index in [0.29, 0.717) is 12.3 Å². The topological polar surface area (TPSA) is 109 Å². The van der Waals surface area contributed by atoms with Gasteiger partial charge in [-0.2, -0.15) is 0 Å². The van der Waals surface area contributed by atoms with Gasteiger partial charge in [-0.05, 0) is 30.5 Å². The van der Waals surface area contributed by atoms with Gasteiger partial charge in [0.2, 0.25) is 5.91 Å². The first-order valence-corrected chi connectivity index (χ1v) is 6.41. The van der Waals surface area contributed by atoms with E-state index in [9.17, 15) is 14.4 Å². The summed E-state index contributed by atoms with van der Waals surface area (Å²) >= 11 is 0. The Morgan fingerprint density at radius 1 is 1.30 bits per heavy atom. The fourth-order valence-electron chi connectivity index (χ4n) is 1.96. The lowest BCUT2D eigenvalue weighted by Crippen LogP contribution is -2.41. The zero-order valence-corrected chi connectivity index (χ0v) is 10.8. The van der Waals surface area contributed by atoms with Gasteiger partial charge in [0, 0.05) is 11.1 Å². The van der Waals surface area contributed by atoms with E-state index in [-0.39, 0.29) is 11.1 Å². The van der Waals surface area contributed by atoms with Crippen molar-refractivity contribution in [2.75, 3.05) is 0 Å². The van der Waals surface area contributed by atoms with E-state index >= 15 is 0 Å². The Bertz CT molecular complexity index is 552. The fourth-order valence-corrected chi connectivity index (χ4v) is 1.96. The van der Waals surface area contributed by atoms with E-state index in [2.05, 4.69) is 5.32 Å². The van der Waals surface area contributed by atoms with Gasteiger partial charge < -0.3 is 16.2 Å². The van der Waals surface area contributed by atoms with E-state index < -0.39 is 23.8 Å². The smallest absolute Gasteiger partial charge is 0.326 e. The molecule has 1 unspecified atom stereocenters. The van der Waals surface area contributed by atoms with Crippen molar-refractivity contribution in [3.63, 3.8) is 0 Å². The predicted octanol–water partition coefficient (Wildman–Crippen LogP) is 0.769. The summed E-state index contributed by atoms with van der Waals surface area (Å²) in [7, 11) is 0. The highest BCUT2D eigenvalue weighted by Crippen LogP contribution is 2.33. The van der Waals surface area contributed by atoms with Gasteiger partial charge in [-0.25, -0.2) is 4.79 Å². The van der Waals surface area contributed by atoms with Crippen LogP contribution in [0.1, 0.15) is 40.0 Å². The van der Waals surface area contributed by atoms with Gasteiger partial charge in [-0.15, -0.1) is 0 Å². The second kappa shape index (κ2) is 5.73. The summed E-state index contributed by atoms with van der Waals surface area (Å²) in [4.78, 5) is 34.2. The Labute approximate surface area is 116 Å². The summed E-state index contributed by atoms with van der Waals surface area (Å²) in [5, 5.41) is 11.6. The average molecular weight is 276 g/mol. The Morgan fingerprint density at radius 3 is 2.50 bits per heavy atom. The Kier molecular flexibility index (Phi) is 4.02. The van der Waals surface area contributed by atoms with Crippen molar-refractivity contribution >= 4 is 17.8 Å². The number of primary amides is 1. The monoisotopic (exact) mass is 276 g/mol. The van der Waals surface area contributed by atoms with Crippen molar-refractivity contribution in [1.29, 1.82) is 0 Å². The summed E-state index contributed by atoms with van der Waals surface area (Å²) in [6.07, 6.45) is 2.46. The van der Waals surface area contributed by atoms with E-state index in [0.717, 1.165) is 12.8 Å². The number of carboxylic acids is 1. The minimum absolute atomic E-state index is 0.215. The maximum Gasteiger partial charge on any atom is 0.326 e. The first-order chi connectivity index (χ1) is 9.47. The molecule has 106 valence electrons. The predicted molar refractivity (Wildman–Crippen MR) is 71.2 cm³/mol. The van der Waals surface area contributed by atoms with E-state index in [1.807, 2.05) is 0 Å². The lowest BCUT2D eigenvalue weighted by Gasteiger charge is -2.14. The van der Waals surface area contributed by atoms with Crippen LogP contribution in [0, 0.1) is 5.92 Å². The molecule has 20 heavy (non-hydrogen) atoms. The molecule has 6 nitrogen and oxygen atoms in total. The Morgan fingerprint density at radius 2 is 1.95 bits per heavy atom. The molecule has 0 radical (unpaired) electrons. The number of hydrogen-bond donors (Lipinski definition) is 3. The first-order valence-electron chi connectivity index (χ1n) is 6.41. The molecule has 1 aromatic carbocycles. The minimum atomic E-state index is -1.05. The number of carbonyl (C=O) groups excluding carboxylic acids is 2. The third-order valence-electron chi connectivity index (χ3n) is 3.28. The number of amides is 2. The van der Waals surface area contributed by atoms with Gasteiger partial charge in [0.15, 0.2) is 0 Å². The molecular formula is C14H16N2O4. The number of aliphatic carboxylic acids is 1. The molecule has 1 aliphatic rings. The number of carboxylic acid groups (broad SMARTS) is 1. The number of nitrogens with one attached hydrogen (secondary N) is 1. The summed E-state index contributed by atoms with van der Waals surface area (Å²) in [6, 6.07) is 5.00. The SMILES string of the molecule is NC(=O)c1cccc(C(=O)NC(CC2CC2)C(=O)O)c1. The molecule has 0 aromatic heterocycles. The number of benzene rings is 1. The maximum absolute atomic E-state index is 12.0. The molecule has 0 bridgehead atoms. The highest BCUT2D eigenvalue weighted by Gasteiger charge is 2.30. The van der Waals surface area contributed by atoms with Crippen LogP contribution in [0.5, 0.6) is 0 Å². The Hall–Kier alpha value is -2.37. The number of nitrogens with two attached hydrogens (primary N) is 1. The molecule has 1 atom stereocenters. The molecule has 1 fully saturated rings. The van der Waals surface area contributed by atoms with Gasteiger partial charge in [-0.3, -0.25) is 9.59 Å². The van der Waals surface area contributed by atoms with Crippen molar-refractivity contribution in [3.05, 3.63) is 35.4 Å². The van der Waals surface area contributed by atoms with Crippen LogP contribution >= 0.6 is 0 Å². The third kappa shape index (κ3) is 3.57. The van der Waals surface area contributed by atoms with Crippen molar-refractivity contribution in [3.8, 4) is 0 Å². The summed E-state index contributed by atoms with van der Waals surface area (Å²) in [5.41, 5.74) is 5.58. The number of rotatable bonds is 6. The van der Waals surface area contributed by atoms with Gasteiger partial charge in [0.25, 0.3) is 5.91 Å². The van der Waals surface area contributed by atoms with Gasteiger partial charge in [-0.1, -0.05) is 18.9 Å². The largest absolute Gasteiger partial charge is 0.480 e. The molecule has 2 rings (SSSR count). The lowest BCUT2D eigenvalue weighted by atomic mass is 10.1. The highest BCUT2D eigenvalue weighted by molar-refractivity contribution is 6.00. The molecule has 1 aromatic rings. The molecule has 0 saturated heterocycles.